The summed E-state index contributed by atoms with van der Waals surface area (Å²) in [5.74, 6) is 1.86. The number of imidazole rings is 2. The first kappa shape index (κ1) is 48.5. The van der Waals surface area contributed by atoms with E-state index in [9.17, 15) is 0 Å². The molecule has 0 saturated carbocycles. The van der Waals surface area contributed by atoms with Gasteiger partial charge >= 0.3 is 0 Å². The minimum atomic E-state index is -0.237. The average Bonchev–Trinajstić information content (AvgIpc) is 1.58. The topological polar surface area (TPSA) is 48.7 Å². The molecule has 0 saturated heterocycles. The number of benzene rings is 11. The normalized spacial score (nSPS) is 12.5. The maximum Gasteiger partial charge on any atom is 0.252 e. The maximum atomic E-state index is 6.18. The van der Waals surface area contributed by atoms with Crippen LogP contribution in [0.15, 0.2) is 206 Å². The molecule has 11 aromatic carbocycles. The van der Waals surface area contributed by atoms with E-state index < -0.39 is 0 Å². The van der Waals surface area contributed by atoms with Crippen molar-refractivity contribution < 1.29 is 0 Å². The fraction of sp³-hybridized carbons (Fsp3) is 0.105. The zero-order chi connectivity index (χ0) is 56.5. The Kier molecular flexibility index (Phi) is 10.2. The van der Waals surface area contributed by atoms with Crippen LogP contribution in [0.4, 0.5) is 17.1 Å². The molecule has 0 unspecified atom stereocenters. The van der Waals surface area contributed by atoms with E-state index in [1.165, 1.54) is 93.8 Å². The molecule has 7 nitrogen and oxygen atoms in total. The van der Waals surface area contributed by atoms with Crippen LogP contribution >= 0.6 is 0 Å². The number of fused-ring (bicyclic) bond motifs is 12. The van der Waals surface area contributed by atoms with Gasteiger partial charge in [-0.15, -0.1) is 0 Å². The molecule has 4 aromatic heterocycles. The molecule has 8 heteroatoms. The summed E-state index contributed by atoms with van der Waals surface area (Å²) in [4.78, 5) is 14.8. The molecule has 400 valence electrons. The summed E-state index contributed by atoms with van der Waals surface area (Å²) in [6.07, 6.45) is 0. The summed E-state index contributed by atoms with van der Waals surface area (Å²) >= 11 is 0. The number of hydrogen-bond donors (Lipinski definition) is 0. The van der Waals surface area contributed by atoms with E-state index in [0.29, 0.717) is 0 Å². The van der Waals surface area contributed by atoms with Crippen LogP contribution in [0.5, 0.6) is 0 Å². The predicted octanol–water partition coefficient (Wildman–Crippen LogP) is 17.0. The van der Waals surface area contributed by atoms with E-state index in [0.717, 1.165) is 95.3 Å². The van der Waals surface area contributed by atoms with Gasteiger partial charge in [-0.25, -0.2) is 9.97 Å². The van der Waals surface area contributed by atoms with E-state index in [-0.39, 0.29) is 6.71 Å². The van der Waals surface area contributed by atoms with Crippen molar-refractivity contribution in [1.82, 2.24) is 28.2 Å². The lowest BCUT2D eigenvalue weighted by Gasteiger charge is -2.36. The van der Waals surface area contributed by atoms with E-state index in [4.69, 9.17) is 9.97 Å². The third kappa shape index (κ3) is 6.48. The van der Waals surface area contributed by atoms with Crippen molar-refractivity contribution in [2.75, 3.05) is 4.90 Å². The third-order valence-corrected chi connectivity index (χ3v) is 18.7. The summed E-state index contributed by atoms with van der Waals surface area (Å²) in [5.41, 5.74) is 32.1. The molecular weight excluding hydrogens is 1020 g/mol. The van der Waals surface area contributed by atoms with Crippen LogP contribution in [-0.4, -0.2) is 34.9 Å². The second-order valence-corrected chi connectivity index (χ2v) is 23.7. The van der Waals surface area contributed by atoms with Crippen LogP contribution in [0, 0.1) is 55.4 Å². The minimum absolute atomic E-state index is 0.237. The molecule has 0 radical (unpaired) electrons. The Hall–Kier alpha value is -10.2. The first-order chi connectivity index (χ1) is 41.0. The van der Waals surface area contributed by atoms with Crippen LogP contribution < -0.4 is 21.3 Å². The number of para-hydroxylation sites is 6. The van der Waals surface area contributed by atoms with Gasteiger partial charge in [0.05, 0.1) is 50.2 Å². The summed E-state index contributed by atoms with van der Waals surface area (Å²) in [6.45, 7) is 17.8. The molecule has 2 aliphatic rings. The predicted molar refractivity (Wildman–Crippen MR) is 352 cm³/mol. The molecule has 0 bridgehead atoms. The lowest BCUT2D eigenvalue weighted by Crippen LogP contribution is -2.59. The zero-order valence-electron chi connectivity index (χ0n) is 48.3. The molecular formula is C76H58BN7. The lowest BCUT2D eigenvalue weighted by atomic mass is 9.34. The molecule has 15 aromatic rings. The van der Waals surface area contributed by atoms with Crippen molar-refractivity contribution in [2.24, 2.45) is 0 Å². The van der Waals surface area contributed by atoms with Crippen LogP contribution in [0.1, 0.15) is 44.5 Å². The van der Waals surface area contributed by atoms with Crippen molar-refractivity contribution in [3.8, 4) is 45.5 Å². The molecule has 84 heavy (non-hydrogen) atoms. The van der Waals surface area contributed by atoms with Crippen LogP contribution in [0.2, 0.25) is 0 Å². The summed E-state index contributed by atoms with van der Waals surface area (Å²) < 4.78 is 10.2. The number of aromatic nitrogens is 6. The Balaban J connectivity index is 1.14. The molecule has 0 fully saturated rings. The lowest BCUT2D eigenvalue weighted by molar-refractivity contribution is 1.06. The van der Waals surface area contributed by atoms with Gasteiger partial charge in [-0.1, -0.05) is 158 Å². The minimum Gasteiger partial charge on any atom is -0.310 e. The van der Waals surface area contributed by atoms with E-state index in [2.05, 4.69) is 285 Å². The number of rotatable bonds is 7. The van der Waals surface area contributed by atoms with Crippen LogP contribution in [-0.2, 0) is 0 Å². The molecule has 2 aliphatic heterocycles. The fourth-order valence-corrected chi connectivity index (χ4v) is 15.3. The fourth-order valence-electron chi connectivity index (χ4n) is 15.3. The SMILES string of the molecule is Cc1cccc(C)c1-c1nc2c3c(cc4c5ccccc5n(-c5c(C)cccc5C)c42)B2c4c(cc(N(c5ccccc5)c5ccccc5)cc4-n4c(-c5c(C)cccc5C)nc5c4c2cc2c4ccccc4n(-c4c(C)cccc4C)c25)-n13. The highest BCUT2D eigenvalue weighted by molar-refractivity contribution is 7.00. The van der Waals surface area contributed by atoms with Gasteiger partial charge in [-0.3, -0.25) is 9.13 Å². The Labute approximate surface area is 488 Å². The van der Waals surface area contributed by atoms with E-state index in [1.54, 1.807) is 0 Å². The van der Waals surface area contributed by atoms with Crippen LogP contribution in [0.25, 0.3) is 111 Å². The Morgan fingerprint density at radius 2 is 0.679 bits per heavy atom. The van der Waals surface area contributed by atoms with Gasteiger partial charge in [0.2, 0.25) is 0 Å². The number of nitrogens with zero attached hydrogens (tertiary/aromatic N) is 7. The van der Waals surface area contributed by atoms with Gasteiger partial charge < -0.3 is 14.0 Å². The summed E-state index contributed by atoms with van der Waals surface area (Å²) in [7, 11) is 0. The van der Waals surface area contributed by atoms with Crippen molar-refractivity contribution in [3.05, 3.63) is 251 Å². The van der Waals surface area contributed by atoms with Crippen molar-refractivity contribution in [2.45, 2.75) is 55.4 Å². The molecule has 0 spiro atoms. The first-order valence-corrected chi connectivity index (χ1v) is 29.4. The largest absolute Gasteiger partial charge is 0.310 e. The average molecular weight is 1080 g/mol. The molecule has 6 heterocycles. The highest BCUT2D eigenvalue weighted by atomic mass is 15.2. The van der Waals surface area contributed by atoms with Crippen molar-refractivity contribution in [1.29, 1.82) is 0 Å². The zero-order valence-corrected chi connectivity index (χ0v) is 48.3. The van der Waals surface area contributed by atoms with Crippen molar-refractivity contribution >= 4 is 106 Å². The van der Waals surface area contributed by atoms with Gasteiger partial charge in [-0.05, 0) is 165 Å². The quantitative estimate of drug-likeness (QED) is 0.149. The van der Waals surface area contributed by atoms with Gasteiger partial charge in [0.1, 0.15) is 22.7 Å². The summed E-state index contributed by atoms with van der Waals surface area (Å²) in [6, 6.07) is 76.5. The smallest absolute Gasteiger partial charge is 0.252 e. The highest BCUT2D eigenvalue weighted by Gasteiger charge is 2.45. The highest BCUT2D eigenvalue weighted by Crippen LogP contribution is 2.48. The summed E-state index contributed by atoms with van der Waals surface area (Å²) in [5, 5.41) is 4.78. The van der Waals surface area contributed by atoms with E-state index in [1.807, 2.05) is 0 Å². The van der Waals surface area contributed by atoms with E-state index >= 15 is 0 Å². The first-order valence-electron chi connectivity index (χ1n) is 29.4. The van der Waals surface area contributed by atoms with Crippen LogP contribution in [0.3, 0.4) is 0 Å². The van der Waals surface area contributed by atoms with Crippen molar-refractivity contribution in [3.63, 3.8) is 0 Å². The Morgan fingerprint density at radius 1 is 0.321 bits per heavy atom. The second kappa shape index (κ2) is 17.7. The number of anilines is 3. The van der Waals surface area contributed by atoms with Gasteiger partial charge in [0.25, 0.3) is 6.71 Å². The van der Waals surface area contributed by atoms with Gasteiger partial charge in [0, 0.05) is 55.4 Å². The number of aryl methyl sites for hydroxylation is 8. The molecule has 0 amide bonds. The third-order valence-electron chi connectivity index (χ3n) is 18.7. The number of hydrogen-bond acceptors (Lipinski definition) is 3. The Morgan fingerprint density at radius 3 is 1.07 bits per heavy atom. The molecule has 0 N–H and O–H groups in total. The van der Waals surface area contributed by atoms with Gasteiger partial charge in [-0.2, -0.15) is 0 Å². The molecule has 0 aliphatic carbocycles. The maximum absolute atomic E-state index is 6.18. The second-order valence-electron chi connectivity index (χ2n) is 23.7. The molecule has 17 rings (SSSR count). The Bertz CT molecular complexity index is 4950. The standard InChI is InChI=1S/C76H58BN7/c1-43-23-19-24-44(2)64(43)75-78-67-71-56(54-35-15-17-37-60(54)81(71)69-47(5)27-21-28-48(69)6)41-58-73(67)83(75)62-39-53(80(51-31-11-9-12-32-51)52-33-13-10-14-34-52)40-63-66(62)77(58)59-42-57-55-36-16-18-38-61(55)82(70-49(7)29-22-30-50(70)8)72(57)68-74(59)84(63)76(79-68)65-45(3)25-20-26-46(65)4/h9-42H,1-8H3. The van der Waals surface area contributed by atoms with Gasteiger partial charge in [0.15, 0.2) is 0 Å². The molecule has 0 atom stereocenters. The monoisotopic (exact) mass is 1080 g/mol.